The molecule has 0 spiro atoms. The summed E-state index contributed by atoms with van der Waals surface area (Å²) in [5.41, 5.74) is 11.6. The summed E-state index contributed by atoms with van der Waals surface area (Å²) in [6.45, 7) is 5.95. The van der Waals surface area contributed by atoms with Gasteiger partial charge in [-0.1, -0.05) is 35.9 Å². The first-order valence-electron chi connectivity index (χ1n) is 6.68. The van der Waals surface area contributed by atoms with Crippen molar-refractivity contribution in [2.75, 3.05) is 11.1 Å². The van der Waals surface area contributed by atoms with Gasteiger partial charge < -0.3 is 11.1 Å². The Morgan fingerprint density at radius 1 is 1.05 bits per heavy atom. The van der Waals surface area contributed by atoms with Crippen molar-refractivity contribution >= 4 is 17.3 Å². The van der Waals surface area contributed by atoms with Crippen molar-refractivity contribution < 1.29 is 4.79 Å². The molecule has 0 saturated carbocycles. The van der Waals surface area contributed by atoms with Crippen LogP contribution >= 0.6 is 0 Å². The van der Waals surface area contributed by atoms with Crippen LogP contribution in [-0.2, 0) is 11.2 Å². The summed E-state index contributed by atoms with van der Waals surface area (Å²) in [7, 11) is 0. The molecule has 0 aliphatic carbocycles. The molecule has 1 amide bonds. The summed E-state index contributed by atoms with van der Waals surface area (Å²) >= 11 is 0. The molecule has 0 unspecified atom stereocenters. The molecule has 2 aromatic carbocycles. The Morgan fingerprint density at radius 3 is 2.35 bits per heavy atom. The van der Waals surface area contributed by atoms with Crippen LogP contribution < -0.4 is 11.1 Å². The van der Waals surface area contributed by atoms with Crippen LogP contribution in [0.3, 0.4) is 0 Å². The van der Waals surface area contributed by atoms with Crippen LogP contribution in [0.5, 0.6) is 0 Å². The van der Waals surface area contributed by atoms with Crippen molar-refractivity contribution in [1.82, 2.24) is 0 Å². The maximum absolute atomic E-state index is 12.1. The second-order valence-electron chi connectivity index (χ2n) is 5.23. The Labute approximate surface area is 119 Å². The van der Waals surface area contributed by atoms with E-state index in [1.54, 1.807) is 0 Å². The van der Waals surface area contributed by atoms with E-state index >= 15 is 0 Å². The normalized spacial score (nSPS) is 10.3. The molecule has 2 aromatic rings. The van der Waals surface area contributed by atoms with Gasteiger partial charge in [0.15, 0.2) is 0 Å². The molecule has 0 saturated heterocycles. The minimum absolute atomic E-state index is 0.0276. The summed E-state index contributed by atoms with van der Waals surface area (Å²) in [5, 5.41) is 2.92. The standard InChI is InChI=1S/C17H20N2O/c1-11-4-6-14(7-5-11)9-17(20)19-16-10-15(18)12(2)8-13(16)3/h4-8,10H,9,18H2,1-3H3,(H,19,20). The van der Waals surface area contributed by atoms with Crippen LogP contribution in [0.25, 0.3) is 0 Å². The minimum atomic E-state index is -0.0276. The first-order valence-corrected chi connectivity index (χ1v) is 6.68. The van der Waals surface area contributed by atoms with Gasteiger partial charge in [0.2, 0.25) is 5.91 Å². The lowest BCUT2D eigenvalue weighted by Crippen LogP contribution is -2.15. The average molecular weight is 268 g/mol. The van der Waals surface area contributed by atoms with E-state index in [4.69, 9.17) is 5.73 Å². The van der Waals surface area contributed by atoms with Crippen LogP contribution in [0.15, 0.2) is 36.4 Å². The SMILES string of the molecule is Cc1ccc(CC(=O)Nc2cc(N)c(C)cc2C)cc1. The Bertz CT molecular complexity index is 630. The first-order chi connectivity index (χ1) is 9.45. The number of hydrogen-bond acceptors (Lipinski definition) is 2. The molecule has 3 heteroatoms. The summed E-state index contributed by atoms with van der Waals surface area (Å²) < 4.78 is 0. The lowest BCUT2D eigenvalue weighted by atomic mass is 10.1. The van der Waals surface area contributed by atoms with Gasteiger partial charge in [-0.3, -0.25) is 4.79 Å². The molecule has 0 aliphatic rings. The molecule has 2 rings (SSSR count). The van der Waals surface area contributed by atoms with E-state index in [-0.39, 0.29) is 5.91 Å². The van der Waals surface area contributed by atoms with E-state index in [0.29, 0.717) is 12.1 Å². The highest BCUT2D eigenvalue weighted by molar-refractivity contribution is 5.93. The lowest BCUT2D eigenvalue weighted by Gasteiger charge is -2.11. The van der Waals surface area contributed by atoms with Crippen LogP contribution in [-0.4, -0.2) is 5.91 Å². The summed E-state index contributed by atoms with van der Waals surface area (Å²) in [6, 6.07) is 11.8. The third-order valence-electron chi connectivity index (χ3n) is 3.37. The number of hydrogen-bond donors (Lipinski definition) is 2. The number of benzene rings is 2. The predicted molar refractivity (Wildman–Crippen MR) is 83.8 cm³/mol. The molecular weight excluding hydrogens is 248 g/mol. The van der Waals surface area contributed by atoms with E-state index < -0.39 is 0 Å². The fraction of sp³-hybridized carbons (Fsp3) is 0.235. The van der Waals surface area contributed by atoms with Crippen molar-refractivity contribution in [3.05, 3.63) is 58.7 Å². The smallest absolute Gasteiger partial charge is 0.228 e. The van der Waals surface area contributed by atoms with Gasteiger partial charge in [-0.15, -0.1) is 0 Å². The number of rotatable bonds is 3. The fourth-order valence-corrected chi connectivity index (χ4v) is 2.09. The van der Waals surface area contributed by atoms with E-state index in [1.807, 2.05) is 57.2 Å². The largest absolute Gasteiger partial charge is 0.398 e. The van der Waals surface area contributed by atoms with Gasteiger partial charge >= 0.3 is 0 Å². The van der Waals surface area contributed by atoms with Gasteiger partial charge in [0.1, 0.15) is 0 Å². The molecule has 0 heterocycles. The highest BCUT2D eigenvalue weighted by atomic mass is 16.1. The number of carbonyl (C=O) groups excluding carboxylic acids is 1. The zero-order valence-corrected chi connectivity index (χ0v) is 12.2. The minimum Gasteiger partial charge on any atom is -0.398 e. The third kappa shape index (κ3) is 3.38. The topological polar surface area (TPSA) is 55.1 Å². The van der Waals surface area contributed by atoms with Crippen molar-refractivity contribution in [3.63, 3.8) is 0 Å². The zero-order valence-electron chi connectivity index (χ0n) is 12.2. The third-order valence-corrected chi connectivity index (χ3v) is 3.37. The van der Waals surface area contributed by atoms with E-state index in [9.17, 15) is 4.79 Å². The van der Waals surface area contributed by atoms with Crippen LogP contribution in [0, 0.1) is 20.8 Å². The molecule has 104 valence electrons. The van der Waals surface area contributed by atoms with Gasteiger partial charge in [0, 0.05) is 11.4 Å². The number of amides is 1. The number of aryl methyl sites for hydroxylation is 3. The number of nitrogens with one attached hydrogen (secondary N) is 1. The van der Waals surface area contributed by atoms with E-state index in [1.165, 1.54) is 5.56 Å². The number of carbonyl (C=O) groups is 1. The van der Waals surface area contributed by atoms with E-state index in [0.717, 1.165) is 22.4 Å². The molecule has 0 aliphatic heterocycles. The second-order valence-corrected chi connectivity index (χ2v) is 5.23. The van der Waals surface area contributed by atoms with Crippen LogP contribution in [0.4, 0.5) is 11.4 Å². The van der Waals surface area contributed by atoms with E-state index in [2.05, 4.69) is 5.32 Å². The highest BCUT2D eigenvalue weighted by Gasteiger charge is 2.07. The molecule has 0 aromatic heterocycles. The van der Waals surface area contributed by atoms with Gasteiger partial charge in [0.05, 0.1) is 6.42 Å². The maximum Gasteiger partial charge on any atom is 0.228 e. The summed E-state index contributed by atoms with van der Waals surface area (Å²) in [4.78, 5) is 12.1. The van der Waals surface area contributed by atoms with Gasteiger partial charge in [0.25, 0.3) is 0 Å². The lowest BCUT2D eigenvalue weighted by molar-refractivity contribution is -0.115. The Hall–Kier alpha value is -2.29. The summed E-state index contributed by atoms with van der Waals surface area (Å²) in [6.07, 6.45) is 0.369. The molecule has 0 radical (unpaired) electrons. The monoisotopic (exact) mass is 268 g/mol. The predicted octanol–water partition coefficient (Wildman–Crippen LogP) is 3.38. The zero-order chi connectivity index (χ0) is 14.7. The molecule has 3 N–H and O–H groups in total. The van der Waals surface area contributed by atoms with Gasteiger partial charge in [-0.25, -0.2) is 0 Å². The highest BCUT2D eigenvalue weighted by Crippen LogP contribution is 2.22. The molecular formula is C17H20N2O. The first kappa shape index (κ1) is 14.1. The van der Waals surface area contributed by atoms with Crippen LogP contribution in [0.2, 0.25) is 0 Å². The second kappa shape index (κ2) is 5.78. The average Bonchev–Trinajstić information content (AvgIpc) is 2.39. The number of nitrogens with two attached hydrogens (primary N) is 1. The Kier molecular flexibility index (Phi) is 4.08. The maximum atomic E-state index is 12.1. The number of anilines is 2. The molecule has 0 fully saturated rings. The molecule has 3 nitrogen and oxygen atoms in total. The van der Waals surface area contributed by atoms with Crippen molar-refractivity contribution in [3.8, 4) is 0 Å². The van der Waals surface area contributed by atoms with Crippen LogP contribution in [0.1, 0.15) is 22.3 Å². The van der Waals surface area contributed by atoms with Crippen molar-refractivity contribution in [2.24, 2.45) is 0 Å². The van der Waals surface area contributed by atoms with Gasteiger partial charge in [-0.05, 0) is 43.5 Å². The van der Waals surface area contributed by atoms with Crippen molar-refractivity contribution in [2.45, 2.75) is 27.2 Å². The molecule has 0 atom stereocenters. The Morgan fingerprint density at radius 2 is 1.70 bits per heavy atom. The van der Waals surface area contributed by atoms with Gasteiger partial charge in [-0.2, -0.15) is 0 Å². The quantitative estimate of drug-likeness (QED) is 0.838. The molecule has 0 bridgehead atoms. The fourth-order valence-electron chi connectivity index (χ4n) is 2.09. The number of nitrogen functional groups attached to an aromatic ring is 1. The summed E-state index contributed by atoms with van der Waals surface area (Å²) in [5.74, 6) is -0.0276. The van der Waals surface area contributed by atoms with Crippen molar-refractivity contribution in [1.29, 1.82) is 0 Å². The Balaban J connectivity index is 2.08. The molecule has 20 heavy (non-hydrogen) atoms.